The number of benzene rings is 1. The van der Waals surface area contributed by atoms with E-state index in [1.54, 1.807) is 11.9 Å². The number of nitrogens with zero attached hydrogens (tertiary/aromatic N) is 1. The Hall–Kier alpha value is -1.98. The number of fused-ring (bicyclic) bond motifs is 1. The molecule has 1 aliphatic rings. The van der Waals surface area contributed by atoms with Gasteiger partial charge in [-0.05, 0) is 55.2 Å². The van der Waals surface area contributed by atoms with Gasteiger partial charge in [0, 0.05) is 30.9 Å². The molecule has 1 aromatic heterocycles. The average Bonchev–Trinajstić information content (AvgIpc) is 3.01. The van der Waals surface area contributed by atoms with Gasteiger partial charge in [-0.1, -0.05) is 6.07 Å². The summed E-state index contributed by atoms with van der Waals surface area (Å²) >= 11 is 0. The van der Waals surface area contributed by atoms with Crippen molar-refractivity contribution >= 4 is 22.5 Å². The van der Waals surface area contributed by atoms with Crippen LogP contribution in [0.4, 0.5) is 18.9 Å². The summed E-state index contributed by atoms with van der Waals surface area (Å²) in [6.07, 6.45) is -0.728. The standard InChI is InChI=1S/C18H21F3N2O/c1-23(15-7-4-13-8-9-22-16(13)11-15)17(24)10-12-2-5-14(6-3-12)18(19,20)21/h4,7-9,11-12,14,22H,2-3,5-6,10H2,1H3. The topological polar surface area (TPSA) is 36.1 Å². The molecule has 1 heterocycles. The van der Waals surface area contributed by atoms with E-state index >= 15 is 0 Å². The van der Waals surface area contributed by atoms with Gasteiger partial charge in [0.25, 0.3) is 0 Å². The molecule has 24 heavy (non-hydrogen) atoms. The number of H-pyrrole nitrogens is 1. The summed E-state index contributed by atoms with van der Waals surface area (Å²) in [7, 11) is 1.72. The molecule has 0 radical (unpaired) electrons. The lowest BCUT2D eigenvalue weighted by Gasteiger charge is -2.30. The lowest BCUT2D eigenvalue weighted by Crippen LogP contribution is -2.32. The molecule has 0 unspecified atom stereocenters. The molecule has 2 aromatic rings. The van der Waals surface area contributed by atoms with Crippen molar-refractivity contribution in [2.45, 2.75) is 38.3 Å². The Balaban J connectivity index is 1.58. The summed E-state index contributed by atoms with van der Waals surface area (Å²) in [5, 5.41) is 1.07. The Morgan fingerprint density at radius 2 is 1.92 bits per heavy atom. The Bertz CT molecular complexity index is 714. The number of hydrogen-bond acceptors (Lipinski definition) is 1. The summed E-state index contributed by atoms with van der Waals surface area (Å²) in [6, 6.07) is 7.70. The second-order valence-corrected chi connectivity index (χ2v) is 6.67. The quantitative estimate of drug-likeness (QED) is 0.850. The fourth-order valence-corrected chi connectivity index (χ4v) is 3.47. The molecule has 0 aliphatic heterocycles. The monoisotopic (exact) mass is 338 g/mol. The Kier molecular flexibility index (Phi) is 4.56. The van der Waals surface area contributed by atoms with Crippen molar-refractivity contribution in [3.8, 4) is 0 Å². The molecular weight excluding hydrogens is 317 g/mol. The van der Waals surface area contributed by atoms with E-state index in [1.165, 1.54) is 0 Å². The molecule has 6 heteroatoms. The second kappa shape index (κ2) is 6.49. The first-order chi connectivity index (χ1) is 11.3. The van der Waals surface area contributed by atoms with Crippen molar-refractivity contribution in [2.75, 3.05) is 11.9 Å². The van der Waals surface area contributed by atoms with E-state index in [1.807, 2.05) is 30.5 Å². The van der Waals surface area contributed by atoms with E-state index in [2.05, 4.69) is 4.98 Å². The van der Waals surface area contributed by atoms with Gasteiger partial charge in [0.1, 0.15) is 0 Å². The highest BCUT2D eigenvalue weighted by Gasteiger charge is 2.41. The normalized spacial score (nSPS) is 21.8. The fraction of sp³-hybridized carbons (Fsp3) is 0.500. The number of hydrogen-bond donors (Lipinski definition) is 1. The zero-order valence-electron chi connectivity index (χ0n) is 13.6. The van der Waals surface area contributed by atoms with Crippen molar-refractivity contribution in [2.24, 2.45) is 11.8 Å². The number of aromatic amines is 1. The number of carbonyl (C=O) groups excluding carboxylic acids is 1. The van der Waals surface area contributed by atoms with E-state index in [-0.39, 0.29) is 24.7 Å². The number of rotatable bonds is 3. The van der Waals surface area contributed by atoms with Crippen molar-refractivity contribution in [1.82, 2.24) is 4.98 Å². The van der Waals surface area contributed by atoms with Crippen LogP contribution in [0, 0.1) is 11.8 Å². The lowest BCUT2D eigenvalue weighted by molar-refractivity contribution is -0.184. The SMILES string of the molecule is CN(C(=O)CC1CCC(C(F)(F)F)CC1)c1ccc2cc[nH]c2c1. The van der Waals surface area contributed by atoms with Crippen LogP contribution in [0.15, 0.2) is 30.5 Å². The van der Waals surface area contributed by atoms with E-state index in [0.29, 0.717) is 19.3 Å². The minimum atomic E-state index is -4.10. The van der Waals surface area contributed by atoms with E-state index in [4.69, 9.17) is 0 Å². The van der Waals surface area contributed by atoms with Gasteiger partial charge in [0.05, 0.1) is 5.92 Å². The maximum absolute atomic E-state index is 12.7. The molecule has 0 bridgehead atoms. The van der Waals surface area contributed by atoms with Crippen molar-refractivity contribution < 1.29 is 18.0 Å². The third kappa shape index (κ3) is 3.57. The van der Waals surface area contributed by atoms with Gasteiger partial charge in [0.2, 0.25) is 5.91 Å². The maximum Gasteiger partial charge on any atom is 0.391 e. The molecule has 3 rings (SSSR count). The first-order valence-corrected chi connectivity index (χ1v) is 8.25. The third-order valence-electron chi connectivity index (χ3n) is 5.07. The molecule has 130 valence electrons. The van der Waals surface area contributed by atoms with Gasteiger partial charge < -0.3 is 9.88 Å². The number of amides is 1. The fourth-order valence-electron chi connectivity index (χ4n) is 3.47. The molecule has 3 nitrogen and oxygen atoms in total. The number of nitrogens with one attached hydrogen (secondary N) is 1. The molecule has 1 fully saturated rings. The summed E-state index contributed by atoms with van der Waals surface area (Å²) in [5.41, 5.74) is 1.75. The smallest absolute Gasteiger partial charge is 0.361 e. The van der Waals surface area contributed by atoms with Gasteiger partial charge >= 0.3 is 6.18 Å². The molecule has 1 amide bonds. The largest absolute Gasteiger partial charge is 0.391 e. The van der Waals surface area contributed by atoms with Crippen molar-refractivity contribution in [1.29, 1.82) is 0 Å². The highest BCUT2D eigenvalue weighted by molar-refractivity contribution is 5.95. The minimum absolute atomic E-state index is 0.0450. The van der Waals surface area contributed by atoms with Crippen LogP contribution in [0.2, 0.25) is 0 Å². The van der Waals surface area contributed by atoms with Crippen molar-refractivity contribution in [3.63, 3.8) is 0 Å². The van der Waals surface area contributed by atoms with E-state index in [0.717, 1.165) is 16.6 Å². The highest BCUT2D eigenvalue weighted by Crippen LogP contribution is 2.40. The number of carbonyl (C=O) groups is 1. The number of aromatic nitrogens is 1. The van der Waals surface area contributed by atoms with Crippen LogP contribution in [-0.4, -0.2) is 24.1 Å². The Labute approximate surface area is 138 Å². The zero-order valence-corrected chi connectivity index (χ0v) is 13.6. The number of anilines is 1. The first-order valence-electron chi connectivity index (χ1n) is 8.25. The van der Waals surface area contributed by atoms with Crippen LogP contribution in [0.3, 0.4) is 0 Å². The van der Waals surface area contributed by atoms with Crippen LogP contribution in [0.25, 0.3) is 10.9 Å². The summed E-state index contributed by atoms with van der Waals surface area (Å²) in [4.78, 5) is 17.2. The van der Waals surface area contributed by atoms with E-state index in [9.17, 15) is 18.0 Å². The zero-order chi connectivity index (χ0) is 17.3. The van der Waals surface area contributed by atoms with Crippen LogP contribution in [-0.2, 0) is 4.79 Å². The lowest BCUT2D eigenvalue weighted by atomic mass is 9.80. The summed E-state index contributed by atoms with van der Waals surface area (Å²) < 4.78 is 38.1. The number of halogens is 3. The first kappa shape index (κ1) is 16.9. The summed E-state index contributed by atoms with van der Waals surface area (Å²) in [5.74, 6) is -1.19. The minimum Gasteiger partial charge on any atom is -0.361 e. The Morgan fingerprint density at radius 3 is 2.58 bits per heavy atom. The van der Waals surface area contributed by atoms with Gasteiger partial charge in [-0.15, -0.1) is 0 Å². The predicted molar refractivity (Wildman–Crippen MR) is 87.8 cm³/mol. The highest BCUT2D eigenvalue weighted by atomic mass is 19.4. The van der Waals surface area contributed by atoms with Gasteiger partial charge in [0.15, 0.2) is 0 Å². The second-order valence-electron chi connectivity index (χ2n) is 6.67. The number of alkyl halides is 3. The predicted octanol–water partition coefficient (Wildman–Crippen LogP) is 4.89. The molecule has 1 aliphatic carbocycles. The molecule has 1 aromatic carbocycles. The molecule has 0 spiro atoms. The molecule has 0 saturated heterocycles. The average molecular weight is 338 g/mol. The van der Waals surface area contributed by atoms with Crippen LogP contribution in [0.1, 0.15) is 32.1 Å². The van der Waals surface area contributed by atoms with Gasteiger partial charge in [-0.2, -0.15) is 13.2 Å². The van der Waals surface area contributed by atoms with Gasteiger partial charge in [-0.25, -0.2) is 0 Å². The summed E-state index contributed by atoms with van der Waals surface area (Å²) in [6.45, 7) is 0. The molecule has 1 saturated carbocycles. The van der Waals surface area contributed by atoms with Crippen molar-refractivity contribution in [3.05, 3.63) is 30.5 Å². The maximum atomic E-state index is 12.7. The molecule has 1 N–H and O–H groups in total. The Morgan fingerprint density at radius 1 is 1.21 bits per heavy atom. The third-order valence-corrected chi connectivity index (χ3v) is 5.07. The van der Waals surface area contributed by atoms with Gasteiger partial charge in [-0.3, -0.25) is 4.79 Å². The molecular formula is C18H21F3N2O. The van der Waals surface area contributed by atoms with Crippen LogP contribution < -0.4 is 4.90 Å². The van der Waals surface area contributed by atoms with Crippen LogP contribution >= 0.6 is 0 Å². The van der Waals surface area contributed by atoms with E-state index < -0.39 is 12.1 Å². The van der Waals surface area contributed by atoms with Crippen LogP contribution in [0.5, 0.6) is 0 Å². The molecule has 0 atom stereocenters.